The number of primary amides is 1. The zero-order valence-electron chi connectivity index (χ0n) is 13.3. The number of carbonyl (C=O) groups is 1. The van der Waals surface area contributed by atoms with E-state index in [0.29, 0.717) is 11.3 Å². The second-order valence-corrected chi connectivity index (χ2v) is 4.60. The van der Waals surface area contributed by atoms with Crippen LogP contribution in [0.25, 0.3) is 0 Å². The predicted molar refractivity (Wildman–Crippen MR) is 86.4 cm³/mol. The van der Waals surface area contributed by atoms with Gasteiger partial charge in [0.2, 0.25) is 5.91 Å². The lowest BCUT2D eigenvalue weighted by Gasteiger charge is -2.09. The number of nitrogens with zero attached hydrogens (tertiary/aromatic N) is 1. The van der Waals surface area contributed by atoms with Gasteiger partial charge in [-0.3, -0.25) is 9.79 Å². The van der Waals surface area contributed by atoms with Crippen LogP contribution in [0.15, 0.2) is 51.5 Å². The molecule has 0 aliphatic rings. The third kappa shape index (κ3) is 5.77. The molecule has 0 atom stereocenters. The summed E-state index contributed by atoms with van der Waals surface area (Å²) in [5, 5.41) is 0. The van der Waals surface area contributed by atoms with Crippen LogP contribution in [0, 0.1) is 0 Å². The molecule has 0 aliphatic heterocycles. The molecule has 0 aromatic heterocycles. The van der Waals surface area contributed by atoms with Crippen LogP contribution < -0.4 is 11.5 Å². The molecule has 0 saturated carbocycles. The first kappa shape index (κ1) is 18.8. The van der Waals surface area contributed by atoms with E-state index in [9.17, 15) is 9.18 Å². The van der Waals surface area contributed by atoms with Crippen molar-refractivity contribution in [2.75, 3.05) is 7.05 Å². The van der Waals surface area contributed by atoms with Gasteiger partial charge in [-0.05, 0) is 38.8 Å². The van der Waals surface area contributed by atoms with E-state index in [1.165, 1.54) is 13.0 Å². The summed E-state index contributed by atoms with van der Waals surface area (Å²) in [4.78, 5) is 15.1. The minimum absolute atomic E-state index is 0.135. The minimum Gasteiger partial charge on any atom is -0.398 e. The van der Waals surface area contributed by atoms with Crippen molar-refractivity contribution in [3.63, 3.8) is 0 Å². The molecule has 0 unspecified atom stereocenters. The zero-order chi connectivity index (χ0) is 16.6. The van der Waals surface area contributed by atoms with Crippen molar-refractivity contribution in [3.05, 3.63) is 46.5 Å². The van der Waals surface area contributed by atoms with Gasteiger partial charge in [-0.1, -0.05) is 19.1 Å². The van der Waals surface area contributed by atoms with E-state index >= 15 is 0 Å². The van der Waals surface area contributed by atoms with Crippen LogP contribution in [0.5, 0.6) is 0 Å². The molecule has 1 amide bonds. The van der Waals surface area contributed by atoms with Crippen molar-refractivity contribution >= 4 is 11.6 Å². The Morgan fingerprint density at radius 1 is 1.19 bits per heavy atom. The van der Waals surface area contributed by atoms with Crippen molar-refractivity contribution in [2.24, 2.45) is 16.5 Å². The quantitative estimate of drug-likeness (QED) is 0.448. The van der Waals surface area contributed by atoms with Gasteiger partial charge in [0.15, 0.2) is 0 Å². The first-order chi connectivity index (χ1) is 9.76. The molecule has 0 spiro atoms. The molecule has 4 nitrogen and oxygen atoms in total. The second kappa shape index (κ2) is 8.89. The summed E-state index contributed by atoms with van der Waals surface area (Å²) in [6.07, 6.45) is 5.57. The molecule has 0 aromatic carbocycles. The van der Waals surface area contributed by atoms with E-state index in [-0.39, 0.29) is 5.57 Å². The van der Waals surface area contributed by atoms with Gasteiger partial charge in [0, 0.05) is 29.6 Å². The highest BCUT2D eigenvalue weighted by atomic mass is 19.1. The molecule has 0 radical (unpaired) electrons. The third-order valence-electron chi connectivity index (χ3n) is 3.14. The fourth-order valence-electron chi connectivity index (χ4n) is 1.40. The Balaban J connectivity index is 6.00. The maximum atomic E-state index is 14.0. The Labute approximate surface area is 125 Å². The van der Waals surface area contributed by atoms with Crippen molar-refractivity contribution < 1.29 is 9.18 Å². The summed E-state index contributed by atoms with van der Waals surface area (Å²) >= 11 is 0. The summed E-state index contributed by atoms with van der Waals surface area (Å²) < 4.78 is 14.0. The standard InChI is InChI=1S/C16H24FN3O/c1-6-7-8-13(9-14(17)11(3)16(19)21)15(18)10(2)12(4)20-5/h7-9H,6,18H2,1-5H3,(H2,19,21)/b8-7-,13-9+,14-11-,15-10?,20-12?. The largest absolute Gasteiger partial charge is 0.398 e. The van der Waals surface area contributed by atoms with Crippen LogP contribution >= 0.6 is 0 Å². The first-order valence-electron chi connectivity index (χ1n) is 6.71. The number of hydrogen-bond donors (Lipinski definition) is 2. The lowest BCUT2D eigenvalue weighted by atomic mass is 10.0. The highest BCUT2D eigenvalue weighted by molar-refractivity contribution is 5.99. The smallest absolute Gasteiger partial charge is 0.247 e. The fraction of sp³-hybridized carbons (Fsp3) is 0.375. The van der Waals surface area contributed by atoms with Crippen LogP contribution in [0.2, 0.25) is 0 Å². The van der Waals surface area contributed by atoms with Gasteiger partial charge in [0.1, 0.15) is 5.83 Å². The number of halogens is 1. The maximum absolute atomic E-state index is 14.0. The molecule has 0 rings (SSSR count). The molecule has 0 fully saturated rings. The van der Waals surface area contributed by atoms with Crippen molar-refractivity contribution in [3.8, 4) is 0 Å². The summed E-state index contributed by atoms with van der Waals surface area (Å²) in [6.45, 7) is 6.93. The highest BCUT2D eigenvalue weighted by Gasteiger charge is 2.09. The molecule has 0 heterocycles. The SMILES string of the molecule is CC\C=C/C(=C\C(F)=C(/C)C(N)=O)C(N)=C(C)C(C)=NC. The number of aliphatic imine (C=N–C) groups is 1. The molecular weight excluding hydrogens is 269 g/mol. The van der Waals surface area contributed by atoms with Gasteiger partial charge in [-0.25, -0.2) is 4.39 Å². The fourth-order valence-corrected chi connectivity index (χ4v) is 1.40. The van der Waals surface area contributed by atoms with Gasteiger partial charge in [0.05, 0.1) is 0 Å². The Hall–Kier alpha value is -2.17. The average molecular weight is 293 g/mol. The molecule has 0 aromatic rings. The van der Waals surface area contributed by atoms with E-state index in [1.54, 1.807) is 13.1 Å². The lowest BCUT2D eigenvalue weighted by molar-refractivity contribution is -0.114. The van der Waals surface area contributed by atoms with E-state index in [4.69, 9.17) is 11.5 Å². The maximum Gasteiger partial charge on any atom is 0.247 e. The van der Waals surface area contributed by atoms with Crippen molar-refractivity contribution in [2.45, 2.75) is 34.1 Å². The van der Waals surface area contributed by atoms with Crippen molar-refractivity contribution in [1.82, 2.24) is 0 Å². The number of allylic oxidation sites excluding steroid dienone is 5. The molecule has 4 N–H and O–H groups in total. The van der Waals surface area contributed by atoms with E-state index < -0.39 is 11.7 Å². The van der Waals surface area contributed by atoms with E-state index in [2.05, 4.69) is 4.99 Å². The third-order valence-corrected chi connectivity index (χ3v) is 3.14. The summed E-state index contributed by atoms with van der Waals surface area (Å²) in [7, 11) is 1.66. The Morgan fingerprint density at radius 2 is 1.76 bits per heavy atom. The topological polar surface area (TPSA) is 81.5 Å². The van der Waals surface area contributed by atoms with Gasteiger partial charge in [-0.15, -0.1) is 0 Å². The summed E-state index contributed by atoms with van der Waals surface area (Å²) in [5.74, 6) is -1.49. The molecular formula is C16H24FN3O. The summed E-state index contributed by atoms with van der Waals surface area (Å²) in [6, 6.07) is 0. The van der Waals surface area contributed by atoms with Crippen LogP contribution in [0.1, 0.15) is 34.1 Å². The molecule has 5 heteroatoms. The van der Waals surface area contributed by atoms with Gasteiger partial charge >= 0.3 is 0 Å². The van der Waals surface area contributed by atoms with Crippen LogP contribution in [0.3, 0.4) is 0 Å². The van der Waals surface area contributed by atoms with Crippen LogP contribution in [-0.4, -0.2) is 18.7 Å². The molecule has 0 saturated heterocycles. The molecule has 0 aliphatic carbocycles. The Morgan fingerprint density at radius 3 is 2.19 bits per heavy atom. The Kier molecular flexibility index (Phi) is 7.97. The number of carbonyl (C=O) groups excluding carboxylic acids is 1. The highest BCUT2D eigenvalue weighted by Crippen LogP contribution is 2.18. The van der Waals surface area contributed by atoms with E-state index in [1.807, 2.05) is 26.8 Å². The minimum atomic E-state index is -0.798. The molecule has 116 valence electrons. The van der Waals surface area contributed by atoms with Gasteiger partial charge in [-0.2, -0.15) is 0 Å². The molecule has 0 bridgehead atoms. The van der Waals surface area contributed by atoms with Crippen LogP contribution in [-0.2, 0) is 4.79 Å². The number of nitrogens with two attached hydrogens (primary N) is 2. The molecule has 21 heavy (non-hydrogen) atoms. The van der Waals surface area contributed by atoms with E-state index in [0.717, 1.165) is 17.7 Å². The predicted octanol–water partition coefficient (Wildman–Crippen LogP) is 2.93. The zero-order valence-corrected chi connectivity index (χ0v) is 13.3. The monoisotopic (exact) mass is 293 g/mol. The average Bonchev–Trinajstić information content (AvgIpc) is 2.47. The second-order valence-electron chi connectivity index (χ2n) is 4.60. The normalized spacial score (nSPS) is 15.9. The summed E-state index contributed by atoms with van der Waals surface area (Å²) in [5.41, 5.74) is 13.4. The number of hydrogen-bond acceptors (Lipinski definition) is 3. The van der Waals surface area contributed by atoms with Crippen LogP contribution in [0.4, 0.5) is 4.39 Å². The van der Waals surface area contributed by atoms with Gasteiger partial charge in [0.25, 0.3) is 0 Å². The lowest BCUT2D eigenvalue weighted by Crippen LogP contribution is -2.13. The first-order valence-corrected chi connectivity index (χ1v) is 6.71. The van der Waals surface area contributed by atoms with Gasteiger partial charge < -0.3 is 11.5 Å². The number of rotatable bonds is 6. The number of amides is 1. The van der Waals surface area contributed by atoms with Crippen molar-refractivity contribution in [1.29, 1.82) is 0 Å². The Bertz CT molecular complexity index is 552.